The Bertz CT molecular complexity index is 391. The van der Waals surface area contributed by atoms with Crippen molar-refractivity contribution in [2.24, 2.45) is 0 Å². The fraction of sp³-hybridized carbons (Fsp3) is 0.400. The predicted molar refractivity (Wildman–Crippen MR) is 59.0 cm³/mol. The van der Waals surface area contributed by atoms with Crippen LogP contribution in [0.2, 0.25) is 0 Å². The van der Waals surface area contributed by atoms with E-state index >= 15 is 0 Å². The lowest BCUT2D eigenvalue weighted by atomic mass is 10.2. The van der Waals surface area contributed by atoms with Crippen LogP contribution in [0.4, 0.5) is 0 Å². The Morgan fingerprint density at radius 3 is 2.93 bits per heavy atom. The third kappa shape index (κ3) is 2.47. The zero-order valence-corrected chi connectivity index (χ0v) is 9.87. The largest absolute Gasteiger partial charge is 0.480 e. The third-order valence-electron chi connectivity index (χ3n) is 2.18. The molecule has 1 N–H and O–H groups in total. The molecule has 1 saturated carbocycles. The first-order chi connectivity index (χ1) is 7.20. The second-order valence-electron chi connectivity index (χ2n) is 3.46. The molecule has 2 rings (SSSR count). The van der Waals surface area contributed by atoms with E-state index in [9.17, 15) is 4.79 Å². The van der Waals surface area contributed by atoms with Crippen LogP contribution in [0.15, 0.2) is 16.7 Å². The van der Waals surface area contributed by atoms with Crippen molar-refractivity contribution in [1.82, 2.24) is 10.3 Å². The maximum atomic E-state index is 11.6. The predicted octanol–water partition coefficient (Wildman–Crippen LogP) is 1.74. The molecule has 0 saturated heterocycles. The number of ether oxygens (including phenoxy) is 1. The molecule has 1 aliphatic rings. The number of rotatable bonds is 3. The average Bonchev–Trinajstić information content (AvgIpc) is 3.01. The molecule has 0 unspecified atom stereocenters. The Morgan fingerprint density at radius 1 is 1.67 bits per heavy atom. The van der Waals surface area contributed by atoms with E-state index in [0.29, 0.717) is 22.0 Å². The van der Waals surface area contributed by atoms with Gasteiger partial charge in [-0.2, -0.15) is 0 Å². The van der Waals surface area contributed by atoms with Gasteiger partial charge in [-0.25, -0.2) is 4.98 Å². The Balaban J connectivity index is 2.13. The summed E-state index contributed by atoms with van der Waals surface area (Å²) in [6.45, 7) is 0. The van der Waals surface area contributed by atoms with Gasteiger partial charge in [0.2, 0.25) is 5.88 Å². The Morgan fingerprint density at radius 2 is 2.40 bits per heavy atom. The minimum Gasteiger partial charge on any atom is -0.480 e. The SMILES string of the molecule is COc1ncc(C(=O)NC2CC2)cc1Br. The Labute approximate surface area is 96.2 Å². The van der Waals surface area contributed by atoms with E-state index in [1.165, 1.54) is 13.3 Å². The molecule has 1 aliphatic carbocycles. The van der Waals surface area contributed by atoms with E-state index in [2.05, 4.69) is 26.2 Å². The normalized spacial score (nSPS) is 14.8. The smallest absolute Gasteiger partial charge is 0.253 e. The molecule has 0 spiro atoms. The molecule has 0 aliphatic heterocycles. The van der Waals surface area contributed by atoms with Gasteiger partial charge in [0, 0.05) is 12.2 Å². The summed E-state index contributed by atoms with van der Waals surface area (Å²) in [7, 11) is 1.54. The van der Waals surface area contributed by atoms with Crippen LogP contribution >= 0.6 is 15.9 Å². The molecule has 1 aromatic heterocycles. The lowest BCUT2D eigenvalue weighted by Gasteiger charge is -2.05. The van der Waals surface area contributed by atoms with E-state index < -0.39 is 0 Å². The summed E-state index contributed by atoms with van der Waals surface area (Å²) in [5.41, 5.74) is 0.551. The summed E-state index contributed by atoms with van der Waals surface area (Å²) in [5, 5.41) is 2.89. The van der Waals surface area contributed by atoms with Crippen molar-refractivity contribution in [3.05, 3.63) is 22.3 Å². The maximum absolute atomic E-state index is 11.6. The van der Waals surface area contributed by atoms with Crippen LogP contribution in [-0.2, 0) is 0 Å². The number of amides is 1. The number of nitrogens with zero attached hydrogens (tertiary/aromatic N) is 1. The molecule has 1 aromatic rings. The number of carbonyl (C=O) groups is 1. The Hall–Kier alpha value is -1.10. The molecule has 1 amide bonds. The summed E-state index contributed by atoms with van der Waals surface area (Å²) in [5.74, 6) is 0.409. The van der Waals surface area contributed by atoms with Crippen molar-refractivity contribution in [1.29, 1.82) is 0 Å². The first-order valence-electron chi connectivity index (χ1n) is 4.71. The lowest BCUT2D eigenvalue weighted by molar-refractivity contribution is 0.0950. The van der Waals surface area contributed by atoms with Gasteiger partial charge in [-0.15, -0.1) is 0 Å². The average molecular weight is 271 g/mol. The minimum atomic E-state index is -0.0756. The minimum absolute atomic E-state index is 0.0756. The summed E-state index contributed by atoms with van der Waals surface area (Å²) in [6.07, 6.45) is 3.67. The highest BCUT2D eigenvalue weighted by Gasteiger charge is 2.24. The molecule has 0 aromatic carbocycles. The molecule has 1 fully saturated rings. The first-order valence-corrected chi connectivity index (χ1v) is 5.50. The second-order valence-corrected chi connectivity index (χ2v) is 4.32. The first kappa shape index (κ1) is 10.4. The van der Waals surface area contributed by atoms with Crippen molar-refractivity contribution in [2.75, 3.05) is 7.11 Å². The summed E-state index contributed by atoms with van der Waals surface area (Å²) >= 11 is 3.29. The van der Waals surface area contributed by atoms with Gasteiger partial charge < -0.3 is 10.1 Å². The fourth-order valence-corrected chi connectivity index (χ4v) is 1.71. The van der Waals surface area contributed by atoms with Crippen LogP contribution in [0.25, 0.3) is 0 Å². The number of nitrogens with one attached hydrogen (secondary N) is 1. The molecule has 0 atom stereocenters. The number of halogens is 1. The van der Waals surface area contributed by atoms with Gasteiger partial charge in [-0.3, -0.25) is 4.79 Å². The van der Waals surface area contributed by atoms with E-state index in [1.54, 1.807) is 6.07 Å². The number of methoxy groups -OCH3 is 1. The van der Waals surface area contributed by atoms with Crippen molar-refractivity contribution in [3.8, 4) is 5.88 Å². The quantitative estimate of drug-likeness (QED) is 0.911. The van der Waals surface area contributed by atoms with Gasteiger partial charge in [-0.1, -0.05) is 0 Å². The van der Waals surface area contributed by atoms with Gasteiger partial charge in [0.15, 0.2) is 0 Å². The van der Waals surface area contributed by atoms with Crippen molar-refractivity contribution >= 4 is 21.8 Å². The van der Waals surface area contributed by atoms with E-state index in [0.717, 1.165) is 12.8 Å². The molecule has 1 heterocycles. The molecule has 80 valence electrons. The second kappa shape index (κ2) is 4.18. The number of hydrogen-bond donors (Lipinski definition) is 1. The molecule has 5 heteroatoms. The summed E-state index contributed by atoms with van der Waals surface area (Å²) < 4.78 is 5.67. The lowest BCUT2D eigenvalue weighted by Crippen LogP contribution is -2.25. The Kier molecular flexibility index (Phi) is 2.90. The number of pyridine rings is 1. The van der Waals surface area contributed by atoms with Crippen LogP contribution < -0.4 is 10.1 Å². The zero-order valence-electron chi connectivity index (χ0n) is 8.29. The van der Waals surface area contributed by atoms with Crippen LogP contribution in [0.5, 0.6) is 5.88 Å². The number of aromatic nitrogens is 1. The zero-order chi connectivity index (χ0) is 10.8. The van der Waals surface area contributed by atoms with Crippen molar-refractivity contribution < 1.29 is 9.53 Å². The molecule has 0 bridgehead atoms. The molecular formula is C10H11BrN2O2. The van der Waals surface area contributed by atoms with Gasteiger partial charge in [0.05, 0.1) is 17.1 Å². The standard InChI is InChI=1S/C10H11BrN2O2/c1-15-10-8(11)4-6(5-12-10)9(14)13-7-2-3-7/h4-5,7H,2-3H2,1H3,(H,13,14). The summed E-state index contributed by atoms with van der Waals surface area (Å²) in [6, 6.07) is 2.07. The molecular weight excluding hydrogens is 260 g/mol. The topological polar surface area (TPSA) is 51.2 Å². The van der Waals surface area contributed by atoms with Crippen LogP contribution in [0.1, 0.15) is 23.2 Å². The number of hydrogen-bond acceptors (Lipinski definition) is 3. The van der Waals surface area contributed by atoms with Gasteiger partial charge in [0.1, 0.15) is 0 Å². The van der Waals surface area contributed by atoms with Gasteiger partial charge in [0.25, 0.3) is 5.91 Å². The maximum Gasteiger partial charge on any atom is 0.253 e. The highest BCUT2D eigenvalue weighted by molar-refractivity contribution is 9.10. The van der Waals surface area contributed by atoms with Crippen LogP contribution in [0.3, 0.4) is 0 Å². The van der Waals surface area contributed by atoms with Gasteiger partial charge >= 0.3 is 0 Å². The van der Waals surface area contributed by atoms with E-state index in [1.807, 2.05) is 0 Å². The van der Waals surface area contributed by atoms with Crippen molar-refractivity contribution in [2.45, 2.75) is 18.9 Å². The fourth-order valence-electron chi connectivity index (χ4n) is 1.20. The molecule has 0 radical (unpaired) electrons. The van der Waals surface area contributed by atoms with E-state index in [-0.39, 0.29) is 5.91 Å². The number of carbonyl (C=O) groups excluding carboxylic acids is 1. The van der Waals surface area contributed by atoms with E-state index in [4.69, 9.17) is 4.74 Å². The van der Waals surface area contributed by atoms with Crippen LogP contribution in [-0.4, -0.2) is 24.0 Å². The van der Waals surface area contributed by atoms with Crippen molar-refractivity contribution in [3.63, 3.8) is 0 Å². The van der Waals surface area contributed by atoms with Crippen LogP contribution in [0, 0.1) is 0 Å². The molecule has 15 heavy (non-hydrogen) atoms. The highest BCUT2D eigenvalue weighted by Crippen LogP contribution is 2.23. The van der Waals surface area contributed by atoms with Gasteiger partial charge in [-0.05, 0) is 34.8 Å². The monoisotopic (exact) mass is 270 g/mol. The molecule has 4 nitrogen and oxygen atoms in total. The summed E-state index contributed by atoms with van der Waals surface area (Å²) in [4.78, 5) is 15.6. The highest BCUT2D eigenvalue weighted by atomic mass is 79.9. The third-order valence-corrected chi connectivity index (χ3v) is 2.74.